The van der Waals surface area contributed by atoms with Gasteiger partial charge in [0.15, 0.2) is 0 Å². The molecule has 56 valence electrons. The second kappa shape index (κ2) is 4.67. The summed E-state index contributed by atoms with van der Waals surface area (Å²) in [6.45, 7) is 0. The maximum Gasteiger partial charge on any atom is 0.372 e. The van der Waals surface area contributed by atoms with Crippen LogP contribution in [0.5, 0.6) is 0 Å². The van der Waals surface area contributed by atoms with Gasteiger partial charge in [-0.2, -0.15) is 0 Å². The van der Waals surface area contributed by atoms with Crippen molar-refractivity contribution in [2.45, 2.75) is 19.3 Å². The minimum absolute atomic E-state index is 0.0475. The molecule has 0 saturated heterocycles. The monoisotopic (exact) mass is 144 g/mol. The predicted molar refractivity (Wildman–Crippen MR) is 32.6 cm³/mol. The number of carbonyl (C=O) groups excluding carboxylic acids is 2. The average Bonchev–Trinajstić information content (AvgIpc) is 1.88. The summed E-state index contributed by atoms with van der Waals surface area (Å²) in [6, 6.07) is 0. The van der Waals surface area contributed by atoms with Crippen molar-refractivity contribution in [3.8, 4) is 0 Å². The van der Waals surface area contributed by atoms with Crippen LogP contribution in [0.3, 0.4) is 0 Å². The maximum atomic E-state index is 10.3. The Balaban J connectivity index is 3.40. The maximum absolute atomic E-state index is 10.3. The lowest BCUT2D eigenvalue weighted by Crippen LogP contribution is -2.11. The summed E-state index contributed by atoms with van der Waals surface area (Å²) in [7, 11) is 0. The van der Waals surface area contributed by atoms with E-state index in [-0.39, 0.29) is 12.8 Å². The van der Waals surface area contributed by atoms with E-state index in [0.717, 1.165) is 0 Å². The largest absolute Gasteiger partial charge is 0.476 e. The minimum atomic E-state index is -1.43. The van der Waals surface area contributed by atoms with Crippen LogP contribution in [0.25, 0.3) is 0 Å². The Hall–Kier alpha value is -1.19. The first-order valence-corrected chi connectivity index (χ1v) is 2.88. The predicted octanol–water partition coefficient (Wildman–Crippen LogP) is 0.00930. The summed E-state index contributed by atoms with van der Waals surface area (Å²) in [5.41, 5.74) is 0. The zero-order valence-corrected chi connectivity index (χ0v) is 5.37. The fourth-order valence-electron chi connectivity index (χ4n) is 0.453. The number of aldehydes is 1. The van der Waals surface area contributed by atoms with Gasteiger partial charge < -0.3 is 9.90 Å². The van der Waals surface area contributed by atoms with Crippen molar-refractivity contribution >= 4 is 18.0 Å². The molecule has 0 bridgehead atoms. The average molecular weight is 144 g/mol. The first-order chi connectivity index (χ1) is 4.68. The second-order valence-electron chi connectivity index (χ2n) is 1.79. The normalized spacial score (nSPS) is 8.80. The molecule has 1 N–H and O–H groups in total. The number of hydrogen-bond acceptors (Lipinski definition) is 3. The van der Waals surface area contributed by atoms with E-state index < -0.39 is 11.8 Å². The van der Waals surface area contributed by atoms with Gasteiger partial charge in [-0.1, -0.05) is 0 Å². The lowest BCUT2D eigenvalue weighted by molar-refractivity contribution is -0.149. The molecule has 0 aliphatic carbocycles. The molecule has 0 aromatic rings. The van der Waals surface area contributed by atoms with Crippen LogP contribution in [0.2, 0.25) is 0 Å². The van der Waals surface area contributed by atoms with Crippen molar-refractivity contribution in [1.29, 1.82) is 0 Å². The summed E-state index contributed by atoms with van der Waals surface area (Å²) < 4.78 is 0. The van der Waals surface area contributed by atoms with E-state index in [4.69, 9.17) is 5.11 Å². The summed E-state index contributed by atoms with van der Waals surface area (Å²) in [5, 5.41) is 8.04. The summed E-state index contributed by atoms with van der Waals surface area (Å²) >= 11 is 0. The van der Waals surface area contributed by atoms with Crippen molar-refractivity contribution in [2.75, 3.05) is 0 Å². The van der Waals surface area contributed by atoms with Crippen LogP contribution in [-0.4, -0.2) is 23.1 Å². The Morgan fingerprint density at radius 3 is 2.40 bits per heavy atom. The summed E-state index contributed by atoms with van der Waals surface area (Å²) in [6.07, 6.45) is 1.19. The number of ketones is 1. The van der Waals surface area contributed by atoms with Crippen molar-refractivity contribution in [2.24, 2.45) is 0 Å². The van der Waals surface area contributed by atoms with Crippen LogP contribution in [0.15, 0.2) is 0 Å². The van der Waals surface area contributed by atoms with Crippen molar-refractivity contribution in [3.05, 3.63) is 0 Å². The van der Waals surface area contributed by atoms with Gasteiger partial charge in [0.2, 0.25) is 5.78 Å². The molecule has 0 atom stereocenters. The molecular formula is C6H8O4. The molecule has 0 amide bonds. The van der Waals surface area contributed by atoms with Crippen LogP contribution < -0.4 is 0 Å². The van der Waals surface area contributed by atoms with Gasteiger partial charge in [-0.25, -0.2) is 4.79 Å². The Morgan fingerprint density at radius 2 is 2.00 bits per heavy atom. The number of Topliss-reactive ketones (excluding diaryl/α,β-unsaturated/α-hetero) is 1. The second-order valence-corrected chi connectivity index (χ2v) is 1.79. The van der Waals surface area contributed by atoms with Crippen LogP contribution >= 0.6 is 0 Å². The van der Waals surface area contributed by atoms with E-state index in [9.17, 15) is 14.4 Å². The molecule has 4 nitrogen and oxygen atoms in total. The Bertz CT molecular complexity index is 150. The van der Waals surface area contributed by atoms with Gasteiger partial charge in [0, 0.05) is 12.8 Å². The van der Waals surface area contributed by atoms with E-state index in [1.54, 1.807) is 0 Å². The molecule has 0 unspecified atom stereocenters. The van der Waals surface area contributed by atoms with E-state index >= 15 is 0 Å². The highest BCUT2D eigenvalue weighted by molar-refractivity contribution is 6.32. The number of carbonyl (C=O) groups is 3. The highest BCUT2D eigenvalue weighted by Gasteiger charge is 2.09. The van der Waals surface area contributed by atoms with Crippen molar-refractivity contribution < 1.29 is 19.5 Å². The first kappa shape index (κ1) is 8.81. The fraction of sp³-hybridized carbons (Fsp3) is 0.500. The Morgan fingerprint density at radius 1 is 1.40 bits per heavy atom. The number of carboxylic acids is 1. The zero-order chi connectivity index (χ0) is 7.98. The van der Waals surface area contributed by atoms with Crippen molar-refractivity contribution in [1.82, 2.24) is 0 Å². The van der Waals surface area contributed by atoms with Gasteiger partial charge in [-0.05, 0) is 6.42 Å². The SMILES string of the molecule is O=CCCCC(=O)C(=O)O. The molecule has 0 saturated carbocycles. The Kier molecular flexibility index (Phi) is 4.11. The minimum Gasteiger partial charge on any atom is -0.476 e. The lowest BCUT2D eigenvalue weighted by atomic mass is 10.2. The van der Waals surface area contributed by atoms with E-state index in [2.05, 4.69) is 0 Å². The molecule has 0 aromatic heterocycles. The molecule has 0 rings (SSSR count). The first-order valence-electron chi connectivity index (χ1n) is 2.88. The van der Waals surface area contributed by atoms with Crippen LogP contribution in [0.1, 0.15) is 19.3 Å². The van der Waals surface area contributed by atoms with Crippen LogP contribution in [-0.2, 0) is 14.4 Å². The molecule has 0 fully saturated rings. The Labute approximate surface area is 57.8 Å². The molecule has 0 spiro atoms. The number of carboxylic acid groups (broad SMARTS) is 1. The lowest BCUT2D eigenvalue weighted by Gasteiger charge is -1.89. The quantitative estimate of drug-likeness (QED) is 0.335. The van der Waals surface area contributed by atoms with Gasteiger partial charge in [0.1, 0.15) is 6.29 Å². The van der Waals surface area contributed by atoms with E-state index in [0.29, 0.717) is 12.7 Å². The van der Waals surface area contributed by atoms with Gasteiger partial charge in [0.05, 0.1) is 0 Å². The topological polar surface area (TPSA) is 71.4 Å². The summed E-state index contributed by atoms with van der Waals surface area (Å²) in [4.78, 5) is 29.9. The molecule has 0 aliphatic rings. The molecule has 0 radical (unpaired) electrons. The third kappa shape index (κ3) is 3.77. The number of aliphatic carboxylic acids is 1. The van der Waals surface area contributed by atoms with Crippen LogP contribution in [0.4, 0.5) is 0 Å². The highest BCUT2D eigenvalue weighted by atomic mass is 16.4. The highest BCUT2D eigenvalue weighted by Crippen LogP contribution is 1.93. The number of hydrogen-bond donors (Lipinski definition) is 1. The summed E-state index contributed by atoms with van der Waals surface area (Å²) in [5.74, 6) is -2.26. The molecule has 0 aliphatic heterocycles. The number of unbranched alkanes of at least 4 members (excludes halogenated alkanes) is 1. The van der Waals surface area contributed by atoms with Gasteiger partial charge in [-0.3, -0.25) is 4.79 Å². The smallest absolute Gasteiger partial charge is 0.372 e. The molecule has 0 heterocycles. The molecule has 0 aromatic carbocycles. The number of rotatable bonds is 5. The third-order valence-electron chi connectivity index (χ3n) is 0.964. The van der Waals surface area contributed by atoms with Crippen LogP contribution in [0, 0.1) is 0 Å². The standard InChI is InChI=1S/C6H8O4/c7-4-2-1-3-5(8)6(9)10/h4H,1-3H2,(H,9,10). The van der Waals surface area contributed by atoms with E-state index in [1.807, 2.05) is 0 Å². The zero-order valence-electron chi connectivity index (χ0n) is 5.37. The third-order valence-corrected chi connectivity index (χ3v) is 0.964. The van der Waals surface area contributed by atoms with Gasteiger partial charge in [0.25, 0.3) is 0 Å². The van der Waals surface area contributed by atoms with Gasteiger partial charge >= 0.3 is 5.97 Å². The molecule has 4 heteroatoms. The molecule has 10 heavy (non-hydrogen) atoms. The fourth-order valence-corrected chi connectivity index (χ4v) is 0.453. The molecular weight excluding hydrogens is 136 g/mol. The van der Waals surface area contributed by atoms with Gasteiger partial charge in [-0.15, -0.1) is 0 Å². The van der Waals surface area contributed by atoms with Crippen molar-refractivity contribution in [3.63, 3.8) is 0 Å². The van der Waals surface area contributed by atoms with E-state index in [1.165, 1.54) is 0 Å².